The van der Waals surface area contributed by atoms with E-state index in [1.165, 1.54) is 0 Å². The quantitative estimate of drug-likeness (QED) is 0.446. The van der Waals surface area contributed by atoms with Crippen molar-refractivity contribution in [2.45, 2.75) is 19.8 Å². The number of nitrogens with one attached hydrogen (secondary N) is 1. The fourth-order valence-corrected chi connectivity index (χ4v) is 0.931. The molecule has 0 saturated carbocycles. The molecule has 0 bridgehead atoms. The van der Waals surface area contributed by atoms with Crippen LogP contribution in [0.3, 0.4) is 0 Å². The first-order chi connectivity index (χ1) is 6.65. The standard InChI is InChI=1S/C7H11N3O4/c1-2-14-5(11)3-10-4-8-9-6(12)7(10)13/h4-5,11H,2-3H2,1H3,(H,9,12). The topological polar surface area (TPSA) is 97.2 Å². The highest BCUT2D eigenvalue weighted by Crippen LogP contribution is 1.88. The van der Waals surface area contributed by atoms with Crippen LogP contribution < -0.4 is 11.1 Å². The summed E-state index contributed by atoms with van der Waals surface area (Å²) in [7, 11) is 0. The Morgan fingerprint density at radius 1 is 1.71 bits per heavy atom. The highest BCUT2D eigenvalue weighted by atomic mass is 16.6. The van der Waals surface area contributed by atoms with Crippen LogP contribution in [0, 0.1) is 0 Å². The molecule has 1 heterocycles. The van der Waals surface area contributed by atoms with E-state index in [2.05, 4.69) is 5.10 Å². The van der Waals surface area contributed by atoms with Gasteiger partial charge in [0.1, 0.15) is 6.33 Å². The van der Waals surface area contributed by atoms with E-state index < -0.39 is 17.4 Å². The molecular formula is C7H11N3O4. The lowest BCUT2D eigenvalue weighted by Crippen LogP contribution is -2.39. The van der Waals surface area contributed by atoms with Crippen molar-refractivity contribution in [3.63, 3.8) is 0 Å². The second-order valence-electron chi connectivity index (χ2n) is 2.55. The molecule has 0 fully saturated rings. The van der Waals surface area contributed by atoms with Gasteiger partial charge in [-0.3, -0.25) is 14.2 Å². The number of aliphatic hydroxyl groups is 1. The molecule has 1 rings (SSSR count). The molecule has 7 heteroatoms. The number of aromatic nitrogens is 3. The molecule has 1 aromatic heterocycles. The molecule has 2 N–H and O–H groups in total. The minimum Gasteiger partial charge on any atom is -0.366 e. The molecular weight excluding hydrogens is 190 g/mol. The summed E-state index contributed by atoms with van der Waals surface area (Å²) in [4.78, 5) is 21.9. The molecule has 0 aromatic carbocycles. The predicted molar refractivity (Wildman–Crippen MR) is 46.8 cm³/mol. The Hall–Kier alpha value is -1.47. The monoisotopic (exact) mass is 201 g/mol. The molecule has 78 valence electrons. The van der Waals surface area contributed by atoms with Gasteiger partial charge in [0, 0.05) is 6.61 Å². The zero-order valence-corrected chi connectivity index (χ0v) is 7.64. The molecule has 14 heavy (non-hydrogen) atoms. The molecule has 7 nitrogen and oxygen atoms in total. The van der Waals surface area contributed by atoms with E-state index in [0.717, 1.165) is 10.9 Å². The molecule has 0 saturated heterocycles. The van der Waals surface area contributed by atoms with E-state index in [0.29, 0.717) is 6.61 Å². The maximum atomic E-state index is 11.1. The van der Waals surface area contributed by atoms with E-state index in [4.69, 9.17) is 4.74 Å². The lowest BCUT2D eigenvalue weighted by Gasteiger charge is -2.10. The first-order valence-corrected chi connectivity index (χ1v) is 4.09. The van der Waals surface area contributed by atoms with Gasteiger partial charge in [-0.1, -0.05) is 0 Å². The number of hydrogen-bond acceptors (Lipinski definition) is 5. The zero-order valence-electron chi connectivity index (χ0n) is 7.64. The van der Waals surface area contributed by atoms with Gasteiger partial charge >= 0.3 is 11.1 Å². The van der Waals surface area contributed by atoms with Crippen LogP contribution in [0.1, 0.15) is 6.92 Å². The van der Waals surface area contributed by atoms with Gasteiger partial charge < -0.3 is 9.84 Å². The van der Waals surface area contributed by atoms with E-state index in [9.17, 15) is 14.7 Å². The SMILES string of the molecule is CCOC(O)Cn1cn[nH]c(=O)c1=O. The number of aliphatic hydroxyl groups excluding tert-OH is 1. The van der Waals surface area contributed by atoms with Gasteiger partial charge in [-0.2, -0.15) is 5.10 Å². The first-order valence-electron chi connectivity index (χ1n) is 4.09. The number of nitrogens with zero attached hydrogens (tertiary/aromatic N) is 2. The third kappa shape index (κ3) is 2.51. The average Bonchev–Trinajstić information content (AvgIpc) is 2.13. The minimum atomic E-state index is -1.11. The van der Waals surface area contributed by atoms with Gasteiger partial charge in [-0.25, -0.2) is 5.10 Å². The van der Waals surface area contributed by atoms with Crippen molar-refractivity contribution in [3.8, 4) is 0 Å². The van der Waals surface area contributed by atoms with Crippen molar-refractivity contribution < 1.29 is 9.84 Å². The Balaban J connectivity index is 2.82. The normalized spacial score (nSPS) is 12.7. The third-order valence-corrected chi connectivity index (χ3v) is 1.53. The molecule has 1 aromatic rings. The highest BCUT2D eigenvalue weighted by molar-refractivity contribution is 4.74. The van der Waals surface area contributed by atoms with Crippen molar-refractivity contribution in [2.24, 2.45) is 0 Å². The minimum absolute atomic E-state index is 0.108. The Morgan fingerprint density at radius 2 is 2.43 bits per heavy atom. The number of H-pyrrole nitrogens is 1. The van der Waals surface area contributed by atoms with Gasteiger partial charge in [0.2, 0.25) is 0 Å². The van der Waals surface area contributed by atoms with Crippen LogP contribution in [0.15, 0.2) is 15.9 Å². The Labute approximate surface area is 79.0 Å². The smallest absolute Gasteiger partial charge is 0.330 e. The Bertz CT molecular complexity index is 396. The number of hydrogen-bond donors (Lipinski definition) is 2. The average molecular weight is 201 g/mol. The molecule has 0 spiro atoms. The lowest BCUT2D eigenvalue weighted by molar-refractivity contribution is -0.104. The Kier molecular flexibility index (Phi) is 3.55. The predicted octanol–water partition coefficient (Wildman–Crippen LogP) is -1.71. The molecule has 0 radical (unpaired) electrons. The summed E-state index contributed by atoms with van der Waals surface area (Å²) in [5.41, 5.74) is -1.59. The third-order valence-electron chi connectivity index (χ3n) is 1.53. The second kappa shape index (κ2) is 4.68. The largest absolute Gasteiger partial charge is 0.366 e. The fraction of sp³-hybridized carbons (Fsp3) is 0.571. The van der Waals surface area contributed by atoms with E-state index >= 15 is 0 Å². The van der Waals surface area contributed by atoms with Gasteiger partial charge in [0.05, 0.1) is 6.54 Å². The van der Waals surface area contributed by atoms with Crippen LogP contribution in [0.4, 0.5) is 0 Å². The van der Waals surface area contributed by atoms with Crippen LogP contribution in [0.25, 0.3) is 0 Å². The maximum Gasteiger partial charge on any atom is 0.330 e. The summed E-state index contributed by atoms with van der Waals surface area (Å²) >= 11 is 0. The number of aromatic amines is 1. The van der Waals surface area contributed by atoms with Crippen LogP contribution in [0.2, 0.25) is 0 Å². The fourth-order valence-electron chi connectivity index (χ4n) is 0.931. The van der Waals surface area contributed by atoms with E-state index in [1.807, 2.05) is 5.10 Å². The van der Waals surface area contributed by atoms with Crippen LogP contribution in [0.5, 0.6) is 0 Å². The summed E-state index contributed by atoms with van der Waals surface area (Å²) in [6, 6.07) is 0. The molecule has 1 unspecified atom stereocenters. The zero-order chi connectivity index (χ0) is 10.6. The van der Waals surface area contributed by atoms with Gasteiger partial charge in [-0.15, -0.1) is 0 Å². The first kappa shape index (κ1) is 10.6. The van der Waals surface area contributed by atoms with Gasteiger partial charge in [-0.05, 0) is 6.92 Å². The van der Waals surface area contributed by atoms with Gasteiger partial charge in [0.15, 0.2) is 6.29 Å². The van der Waals surface area contributed by atoms with Crippen molar-refractivity contribution in [1.29, 1.82) is 0 Å². The molecule has 0 aliphatic heterocycles. The van der Waals surface area contributed by atoms with Gasteiger partial charge in [0.25, 0.3) is 0 Å². The molecule has 0 aliphatic rings. The molecule has 0 amide bonds. The summed E-state index contributed by atoms with van der Waals surface area (Å²) in [5.74, 6) is 0. The van der Waals surface area contributed by atoms with E-state index in [1.54, 1.807) is 6.92 Å². The second-order valence-corrected chi connectivity index (χ2v) is 2.55. The van der Waals surface area contributed by atoms with Crippen molar-refractivity contribution in [1.82, 2.24) is 14.8 Å². The summed E-state index contributed by atoms with van der Waals surface area (Å²) < 4.78 is 5.78. The Morgan fingerprint density at radius 3 is 3.07 bits per heavy atom. The summed E-state index contributed by atoms with van der Waals surface area (Å²) in [6.07, 6.45) is 0.0210. The summed E-state index contributed by atoms with van der Waals surface area (Å²) in [6.45, 7) is 1.93. The van der Waals surface area contributed by atoms with Crippen LogP contribution in [-0.4, -0.2) is 32.8 Å². The van der Waals surface area contributed by atoms with Crippen molar-refractivity contribution in [2.75, 3.05) is 6.61 Å². The van der Waals surface area contributed by atoms with Crippen LogP contribution in [-0.2, 0) is 11.3 Å². The van der Waals surface area contributed by atoms with Crippen molar-refractivity contribution in [3.05, 3.63) is 27.0 Å². The lowest BCUT2D eigenvalue weighted by atomic mass is 10.6. The number of rotatable bonds is 4. The summed E-state index contributed by atoms with van der Waals surface area (Å²) in [5, 5.41) is 14.6. The van der Waals surface area contributed by atoms with Crippen LogP contribution >= 0.6 is 0 Å². The van der Waals surface area contributed by atoms with Crippen molar-refractivity contribution >= 4 is 0 Å². The molecule has 0 aliphatic carbocycles. The number of ether oxygens (including phenoxy) is 1. The molecule has 1 atom stereocenters. The van der Waals surface area contributed by atoms with E-state index in [-0.39, 0.29) is 6.54 Å². The maximum absolute atomic E-state index is 11.1. The highest BCUT2D eigenvalue weighted by Gasteiger charge is 2.07.